The first-order chi connectivity index (χ1) is 17.8. The molecule has 0 spiro atoms. The van der Waals surface area contributed by atoms with Gasteiger partial charge in [-0.1, -0.05) is 43.7 Å². The minimum atomic E-state index is -2.58. The third kappa shape index (κ3) is 7.87. The van der Waals surface area contributed by atoms with Crippen LogP contribution in [0, 0.1) is 19.8 Å². The summed E-state index contributed by atoms with van der Waals surface area (Å²) >= 11 is 0. The van der Waals surface area contributed by atoms with Crippen molar-refractivity contribution in [1.82, 2.24) is 30.2 Å². The molecule has 3 aromatic heterocycles. The van der Waals surface area contributed by atoms with Crippen molar-refractivity contribution in [3.63, 3.8) is 0 Å². The van der Waals surface area contributed by atoms with E-state index < -0.39 is 6.43 Å². The van der Waals surface area contributed by atoms with Crippen molar-refractivity contribution in [3.8, 4) is 5.82 Å². The van der Waals surface area contributed by atoms with Crippen LogP contribution in [0.4, 0.5) is 8.78 Å². The molecule has 0 saturated carbocycles. The van der Waals surface area contributed by atoms with Gasteiger partial charge < -0.3 is 4.74 Å². The second-order valence-corrected chi connectivity index (χ2v) is 8.97. The molecule has 1 unspecified atom stereocenters. The van der Waals surface area contributed by atoms with E-state index in [0.717, 1.165) is 48.0 Å². The van der Waals surface area contributed by atoms with E-state index in [2.05, 4.69) is 51.5 Å². The highest BCUT2D eigenvalue weighted by Gasteiger charge is 2.16. The summed E-state index contributed by atoms with van der Waals surface area (Å²) in [6.45, 7) is 10.2. The molecule has 7 nitrogen and oxygen atoms in total. The van der Waals surface area contributed by atoms with Crippen LogP contribution in [-0.4, -0.2) is 30.2 Å². The SMILES string of the molecule is CCC/C=C/CC(C)/C(=C\C=C(/C)c1cnnc(C)c1)OCc1c(C)nnn1-c1ccc(C(F)F)cn1. The normalized spacial score (nSPS) is 13.5. The van der Waals surface area contributed by atoms with E-state index >= 15 is 0 Å². The molecule has 0 fully saturated rings. The molecule has 0 aromatic carbocycles. The van der Waals surface area contributed by atoms with Gasteiger partial charge in [0.25, 0.3) is 6.43 Å². The first-order valence-corrected chi connectivity index (χ1v) is 12.4. The Morgan fingerprint density at radius 1 is 1.11 bits per heavy atom. The van der Waals surface area contributed by atoms with E-state index in [1.165, 1.54) is 16.8 Å². The minimum Gasteiger partial charge on any atom is -0.491 e. The molecule has 1 atom stereocenters. The number of aromatic nitrogens is 6. The predicted molar refractivity (Wildman–Crippen MR) is 140 cm³/mol. The van der Waals surface area contributed by atoms with Crippen molar-refractivity contribution >= 4 is 5.57 Å². The Kier molecular flexibility index (Phi) is 10.2. The fraction of sp³-hybridized carbons (Fsp3) is 0.393. The van der Waals surface area contributed by atoms with Crippen LogP contribution in [0.25, 0.3) is 11.4 Å². The van der Waals surface area contributed by atoms with Crippen molar-refractivity contribution in [1.29, 1.82) is 0 Å². The van der Waals surface area contributed by atoms with Gasteiger partial charge in [-0.05, 0) is 69.0 Å². The zero-order valence-electron chi connectivity index (χ0n) is 22.0. The van der Waals surface area contributed by atoms with E-state index in [-0.39, 0.29) is 18.1 Å². The Morgan fingerprint density at radius 2 is 1.92 bits per heavy atom. The summed E-state index contributed by atoms with van der Waals surface area (Å²) in [5.74, 6) is 1.34. The molecule has 37 heavy (non-hydrogen) atoms. The second-order valence-electron chi connectivity index (χ2n) is 8.97. The fourth-order valence-electron chi connectivity index (χ4n) is 3.58. The van der Waals surface area contributed by atoms with Crippen LogP contribution >= 0.6 is 0 Å². The Bertz CT molecular complexity index is 1250. The van der Waals surface area contributed by atoms with Crippen LogP contribution in [0.3, 0.4) is 0 Å². The van der Waals surface area contributed by atoms with Crippen molar-refractivity contribution in [3.05, 3.63) is 88.9 Å². The highest BCUT2D eigenvalue weighted by atomic mass is 19.3. The molecule has 0 aliphatic rings. The number of ether oxygens (including phenoxy) is 1. The summed E-state index contributed by atoms with van der Waals surface area (Å²) in [5, 5.41) is 16.4. The maximum atomic E-state index is 12.9. The number of pyridine rings is 1. The van der Waals surface area contributed by atoms with Gasteiger partial charge in [-0.2, -0.15) is 14.9 Å². The average Bonchev–Trinajstić information content (AvgIpc) is 3.26. The summed E-state index contributed by atoms with van der Waals surface area (Å²) in [4.78, 5) is 4.15. The fourth-order valence-corrected chi connectivity index (χ4v) is 3.58. The van der Waals surface area contributed by atoms with Gasteiger partial charge >= 0.3 is 0 Å². The molecule has 0 bridgehead atoms. The van der Waals surface area contributed by atoms with Gasteiger partial charge in [0.1, 0.15) is 12.3 Å². The highest BCUT2D eigenvalue weighted by Crippen LogP contribution is 2.23. The van der Waals surface area contributed by atoms with E-state index in [1.807, 2.05) is 39.0 Å². The maximum Gasteiger partial charge on any atom is 0.265 e. The second kappa shape index (κ2) is 13.5. The molecule has 9 heteroatoms. The lowest BCUT2D eigenvalue weighted by Gasteiger charge is -2.17. The van der Waals surface area contributed by atoms with E-state index in [1.54, 1.807) is 6.20 Å². The minimum absolute atomic E-state index is 0.127. The summed E-state index contributed by atoms with van der Waals surface area (Å²) in [7, 11) is 0. The molecule has 0 aliphatic carbocycles. The first-order valence-electron chi connectivity index (χ1n) is 12.4. The van der Waals surface area contributed by atoms with Gasteiger partial charge in [-0.15, -0.1) is 5.10 Å². The van der Waals surface area contributed by atoms with E-state index in [0.29, 0.717) is 17.2 Å². The number of nitrogens with zero attached hydrogens (tertiary/aromatic N) is 6. The number of unbranched alkanes of at least 4 members (excludes halogenated alkanes) is 1. The first kappa shape index (κ1) is 27.8. The Labute approximate surface area is 217 Å². The standard InChI is InChI=1S/C28H34F2N6O/c1-6-7-8-9-10-20(3)26(13-11-19(2)24-15-21(4)33-32-17-24)37-18-25-22(5)34-35-36(25)27-14-12-23(16-31-27)28(29)30/h8-9,11-17,20,28H,6-7,10,18H2,1-5H3/b9-8+,19-11+,26-13+. The number of alkyl halides is 2. The molecule has 0 radical (unpaired) electrons. The largest absolute Gasteiger partial charge is 0.491 e. The number of allylic oxidation sites excluding steroid dienone is 6. The molecule has 3 heterocycles. The zero-order valence-corrected chi connectivity index (χ0v) is 22.0. The molecule has 0 saturated heterocycles. The zero-order chi connectivity index (χ0) is 26.8. The van der Waals surface area contributed by atoms with Crippen LogP contribution in [0.1, 0.15) is 74.7 Å². The van der Waals surface area contributed by atoms with Crippen molar-refractivity contribution < 1.29 is 13.5 Å². The van der Waals surface area contributed by atoms with Crippen LogP contribution in [0.5, 0.6) is 0 Å². The lowest BCUT2D eigenvalue weighted by atomic mass is 10.0. The molecule has 0 amide bonds. The van der Waals surface area contributed by atoms with E-state index in [4.69, 9.17) is 4.74 Å². The Hall–Kier alpha value is -3.75. The molecule has 0 aliphatic heterocycles. The van der Waals surface area contributed by atoms with Crippen LogP contribution in [-0.2, 0) is 11.3 Å². The van der Waals surface area contributed by atoms with Gasteiger partial charge in [0.2, 0.25) is 0 Å². The number of halogens is 2. The number of hydrogen-bond donors (Lipinski definition) is 0. The number of hydrogen-bond acceptors (Lipinski definition) is 6. The van der Waals surface area contributed by atoms with Crippen molar-refractivity contribution in [2.45, 2.75) is 66.9 Å². The smallest absolute Gasteiger partial charge is 0.265 e. The van der Waals surface area contributed by atoms with Gasteiger partial charge in [-0.3, -0.25) is 0 Å². The maximum absolute atomic E-state index is 12.9. The van der Waals surface area contributed by atoms with Crippen LogP contribution in [0.2, 0.25) is 0 Å². The summed E-state index contributed by atoms with van der Waals surface area (Å²) in [6, 6.07) is 4.84. The Balaban J connectivity index is 1.85. The summed E-state index contributed by atoms with van der Waals surface area (Å²) in [5.41, 5.74) is 4.13. The topological polar surface area (TPSA) is 78.6 Å². The molecule has 0 N–H and O–H groups in total. The molecular weight excluding hydrogens is 474 g/mol. The molecule has 3 rings (SSSR count). The van der Waals surface area contributed by atoms with Gasteiger partial charge in [0.05, 0.1) is 23.3 Å². The number of rotatable bonds is 12. The molecule has 3 aromatic rings. The quantitative estimate of drug-likeness (QED) is 0.151. The Morgan fingerprint density at radius 3 is 2.59 bits per heavy atom. The number of aryl methyl sites for hydroxylation is 2. The monoisotopic (exact) mass is 508 g/mol. The predicted octanol–water partition coefficient (Wildman–Crippen LogP) is 6.89. The third-order valence-corrected chi connectivity index (χ3v) is 5.90. The van der Waals surface area contributed by atoms with Crippen molar-refractivity contribution in [2.75, 3.05) is 0 Å². The lowest BCUT2D eigenvalue weighted by molar-refractivity contribution is 0.151. The molecule has 196 valence electrons. The van der Waals surface area contributed by atoms with Gasteiger partial charge in [0.15, 0.2) is 5.82 Å². The molecular formula is C28H34F2N6O. The van der Waals surface area contributed by atoms with Gasteiger partial charge in [0, 0.05) is 17.7 Å². The van der Waals surface area contributed by atoms with Gasteiger partial charge in [-0.25, -0.2) is 13.8 Å². The lowest BCUT2D eigenvalue weighted by Crippen LogP contribution is -2.09. The summed E-state index contributed by atoms with van der Waals surface area (Å²) in [6.07, 6.45) is 11.7. The van der Waals surface area contributed by atoms with Crippen molar-refractivity contribution in [2.24, 2.45) is 5.92 Å². The van der Waals surface area contributed by atoms with Crippen LogP contribution < -0.4 is 0 Å². The van der Waals surface area contributed by atoms with E-state index in [9.17, 15) is 8.78 Å². The van der Waals surface area contributed by atoms with Crippen LogP contribution in [0.15, 0.2) is 60.7 Å². The third-order valence-electron chi connectivity index (χ3n) is 5.90. The summed E-state index contributed by atoms with van der Waals surface area (Å²) < 4.78 is 33.7. The average molecular weight is 509 g/mol. The highest BCUT2D eigenvalue weighted by molar-refractivity contribution is 5.64.